The van der Waals surface area contributed by atoms with E-state index in [4.69, 9.17) is 10.2 Å². The topological polar surface area (TPSA) is 64.0 Å². The van der Waals surface area contributed by atoms with E-state index in [0.29, 0.717) is 13.1 Å². The lowest BCUT2D eigenvalue weighted by Crippen LogP contribution is -2.46. The summed E-state index contributed by atoms with van der Waals surface area (Å²) in [6.45, 7) is 1.46. The van der Waals surface area contributed by atoms with Crippen molar-refractivity contribution in [3.8, 4) is 0 Å². The first kappa shape index (κ1) is 12.4. The number of nitrogens with zero attached hydrogens (tertiary/aromatic N) is 2. The molecule has 1 aliphatic rings. The van der Waals surface area contributed by atoms with E-state index in [2.05, 4.69) is 0 Å². The molecular weight excluding hydrogens is 196 g/mol. The molecule has 1 rings (SSSR count). The molecule has 1 aliphatic heterocycles. The van der Waals surface area contributed by atoms with Crippen molar-refractivity contribution in [2.75, 3.05) is 39.9 Å². The zero-order valence-corrected chi connectivity index (χ0v) is 9.22. The number of hydrogen-bond donors (Lipinski definition) is 2. The number of likely N-dealkylation sites (N-methyl/N-ethyl adjacent to an activating group) is 1. The van der Waals surface area contributed by atoms with Gasteiger partial charge in [0.15, 0.2) is 0 Å². The normalized spacial score (nSPS) is 21.9. The number of carbonyl (C=O) groups is 1. The lowest BCUT2D eigenvalue weighted by atomic mass is 10.2. The van der Waals surface area contributed by atoms with Gasteiger partial charge in [-0.3, -0.25) is 9.69 Å². The summed E-state index contributed by atoms with van der Waals surface area (Å²) in [6, 6.07) is -0.0666. The van der Waals surface area contributed by atoms with Gasteiger partial charge in [-0.15, -0.1) is 0 Å². The van der Waals surface area contributed by atoms with Crippen LogP contribution in [0.3, 0.4) is 0 Å². The fourth-order valence-corrected chi connectivity index (χ4v) is 2.01. The Hall–Kier alpha value is -0.650. The minimum absolute atomic E-state index is 0.0260. The summed E-state index contributed by atoms with van der Waals surface area (Å²) < 4.78 is 0. The third-order valence-corrected chi connectivity index (χ3v) is 2.86. The van der Waals surface area contributed by atoms with Gasteiger partial charge in [0.2, 0.25) is 5.91 Å². The molecule has 0 aliphatic carbocycles. The number of aliphatic hydroxyl groups excluding tert-OH is 2. The van der Waals surface area contributed by atoms with Gasteiger partial charge in [0.1, 0.15) is 0 Å². The molecule has 15 heavy (non-hydrogen) atoms. The summed E-state index contributed by atoms with van der Waals surface area (Å²) in [4.78, 5) is 15.6. The van der Waals surface area contributed by atoms with Crippen LogP contribution in [0.2, 0.25) is 0 Å². The van der Waals surface area contributed by atoms with Crippen LogP contribution in [0.15, 0.2) is 0 Å². The predicted octanol–water partition coefficient (Wildman–Crippen LogP) is -1.11. The molecule has 1 amide bonds. The lowest BCUT2D eigenvalue weighted by Gasteiger charge is -2.27. The molecule has 0 radical (unpaired) electrons. The van der Waals surface area contributed by atoms with Gasteiger partial charge in [-0.1, -0.05) is 0 Å². The quantitative estimate of drug-likeness (QED) is 0.612. The molecule has 0 spiro atoms. The zero-order valence-electron chi connectivity index (χ0n) is 9.22. The fourth-order valence-electron chi connectivity index (χ4n) is 2.01. The third kappa shape index (κ3) is 3.15. The van der Waals surface area contributed by atoms with Crippen molar-refractivity contribution >= 4 is 5.91 Å². The zero-order chi connectivity index (χ0) is 11.3. The largest absolute Gasteiger partial charge is 0.395 e. The first-order valence-corrected chi connectivity index (χ1v) is 5.41. The van der Waals surface area contributed by atoms with Crippen molar-refractivity contribution < 1.29 is 15.0 Å². The van der Waals surface area contributed by atoms with Gasteiger partial charge in [-0.25, -0.2) is 0 Å². The highest BCUT2D eigenvalue weighted by atomic mass is 16.3. The molecule has 5 nitrogen and oxygen atoms in total. The fraction of sp³-hybridized carbons (Fsp3) is 0.900. The highest BCUT2D eigenvalue weighted by molar-refractivity contribution is 5.82. The van der Waals surface area contributed by atoms with Crippen molar-refractivity contribution in [1.29, 1.82) is 0 Å². The molecule has 0 unspecified atom stereocenters. The standard InChI is InChI=1S/C10H20N2O3/c1-11-4-2-3-9(11)10(15)12(5-7-13)6-8-14/h9,13-14H,2-8H2,1H3/t9-/m1/s1. The van der Waals surface area contributed by atoms with E-state index >= 15 is 0 Å². The van der Waals surface area contributed by atoms with Crippen molar-refractivity contribution in [2.45, 2.75) is 18.9 Å². The SMILES string of the molecule is CN1CCC[C@@H]1C(=O)N(CCO)CCO. The molecule has 5 heteroatoms. The first-order valence-electron chi connectivity index (χ1n) is 5.41. The van der Waals surface area contributed by atoms with Crippen molar-refractivity contribution in [1.82, 2.24) is 9.80 Å². The van der Waals surface area contributed by atoms with Crippen LogP contribution in [0.25, 0.3) is 0 Å². The number of rotatable bonds is 5. The molecule has 1 fully saturated rings. The van der Waals surface area contributed by atoms with Gasteiger partial charge in [-0.2, -0.15) is 0 Å². The number of carbonyl (C=O) groups excluding carboxylic acids is 1. The predicted molar refractivity (Wildman–Crippen MR) is 56.4 cm³/mol. The van der Waals surface area contributed by atoms with Crippen LogP contribution in [0, 0.1) is 0 Å². The Morgan fingerprint density at radius 3 is 2.40 bits per heavy atom. The summed E-state index contributed by atoms with van der Waals surface area (Å²) >= 11 is 0. The van der Waals surface area contributed by atoms with E-state index < -0.39 is 0 Å². The average molecular weight is 216 g/mol. The van der Waals surface area contributed by atoms with Crippen LogP contribution in [-0.2, 0) is 4.79 Å². The van der Waals surface area contributed by atoms with Gasteiger partial charge in [-0.05, 0) is 26.4 Å². The number of aliphatic hydroxyl groups is 2. The summed E-state index contributed by atoms with van der Waals surface area (Å²) in [5, 5.41) is 17.7. The maximum absolute atomic E-state index is 12.0. The van der Waals surface area contributed by atoms with Crippen LogP contribution in [0.4, 0.5) is 0 Å². The molecule has 1 saturated heterocycles. The second-order valence-electron chi connectivity index (χ2n) is 3.91. The Morgan fingerprint density at radius 1 is 1.40 bits per heavy atom. The third-order valence-electron chi connectivity index (χ3n) is 2.86. The average Bonchev–Trinajstić information content (AvgIpc) is 2.63. The Morgan fingerprint density at radius 2 is 2.00 bits per heavy atom. The van der Waals surface area contributed by atoms with Crippen LogP contribution >= 0.6 is 0 Å². The Balaban J connectivity index is 2.54. The minimum atomic E-state index is -0.0666. The molecule has 0 aromatic heterocycles. The van der Waals surface area contributed by atoms with Crippen LogP contribution in [0.5, 0.6) is 0 Å². The molecule has 2 N–H and O–H groups in total. The summed E-state index contributed by atoms with van der Waals surface area (Å²) in [6.07, 6.45) is 1.92. The van der Waals surface area contributed by atoms with Gasteiger partial charge >= 0.3 is 0 Å². The molecular formula is C10H20N2O3. The van der Waals surface area contributed by atoms with Crippen molar-refractivity contribution in [3.63, 3.8) is 0 Å². The Labute approximate surface area is 90.3 Å². The molecule has 0 saturated carbocycles. The molecule has 0 aromatic rings. The van der Waals surface area contributed by atoms with E-state index in [0.717, 1.165) is 19.4 Å². The smallest absolute Gasteiger partial charge is 0.240 e. The molecule has 88 valence electrons. The molecule has 1 heterocycles. The Bertz CT molecular complexity index is 205. The van der Waals surface area contributed by atoms with Crippen LogP contribution in [-0.4, -0.2) is 71.9 Å². The maximum Gasteiger partial charge on any atom is 0.240 e. The van der Waals surface area contributed by atoms with Crippen molar-refractivity contribution in [3.05, 3.63) is 0 Å². The van der Waals surface area contributed by atoms with E-state index in [-0.39, 0.29) is 25.2 Å². The number of amides is 1. The van der Waals surface area contributed by atoms with Crippen LogP contribution < -0.4 is 0 Å². The van der Waals surface area contributed by atoms with Gasteiger partial charge < -0.3 is 15.1 Å². The van der Waals surface area contributed by atoms with E-state index in [1.54, 1.807) is 0 Å². The van der Waals surface area contributed by atoms with Gasteiger partial charge in [0.25, 0.3) is 0 Å². The number of likely N-dealkylation sites (tertiary alicyclic amines) is 1. The van der Waals surface area contributed by atoms with Crippen molar-refractivity contribution in [2.24, 2.45) is 0 Å². The summed E-state index contributed by atoms with van der Waals surface area (Å²) in [5.41, 5.74) is 0. The van der Waals surface area contributed by atoms with E-state index in [9.17, 15) is 4.79 Å². The highest BCUT2D eigenvalue weighted by Gasteiger charge is 2.30. The summed E-state index contributed by atoms with van der Waals surface area (Å²) in [5.74, 6) is 0.0260. The minimum Gasteiger partial charge on any atom is -0.395 e. The van der Waals surface area contributed by atoms with Gasteiger partial charge in [0.05, 0.1) is 19.3 Å². The molecule has 0 bridgehead atoms. The maximum atomic E-state index is 12.0. The Kier molecular flexibility index (Phi) is 5.01. The van der Waals surface area contributed by atoms with E-state index in [1.807, 2.05) is 11.9 Å². The highest BCUT2D eigenvalue weighted by Crippen LogP contribution is 2.16. The second-order valence-corrected chi connectivity index (χ2v) is 3.91. The molecule has 1 atom stereocenters. The van der Waals surface area contributed by atoms with Gasteiger partial charge in [0, 0.05) is 13.1 Å². The molecule has 0 aromatic carbocycles. The monoisotopic (exact) mass is 216 g/mol. The van der Waals surface area contributed by atoms with Crippen LogP contribution in [0.1, 0.15) is 12.8 Å². The van der Waals surface area contributed by atoms with E-state index in [1.165, 1.54) is 4.90 Å². The second kappa shape index (κ2) is 6.05. The first-order chi connectivity index (χ1) is 7.20. The summed E-state index contributed by atoms with van der Waals surface area (Å²) in [7, 11) is 1.94. The number of hydrogen-bond acceptors (Lipinski definition) is 4. The lowest BCUT2D eigenvalue weighted by molar-refractivity contribution is -0.136.